The fraction of sp³-hybridized carbons (Fsp3) is 0.400. The summed E-state index contributed by atoms with van der Waals surface area (Å²) in [6.07, 6.45) is 13.7. The predicted molar refractivity (Wildman–Crippen MR) is 128 cm³/mol. The van der Waals surface area contributed by atoms with E-state index in [1.807, 2.05) is 30.5 Å². The molecule has 2 fully saturated rings. The van der Waals surface area contributed by atoms with Crippen LogP contribution in [0.3, 0.4) is 0 Å². The van der Waals surface area contributed by atoms with E-state index in [0.717, 1.165) is 48.6 Å². The second kappa shape index (κ2) is 9.94. The van der Waals surface area contributed by atoms with Crippen LogP contribution in [0.2, 0.25) is 0 Å². The topological polar surface area (TPSA) is 105 Å². The third-order valence-electron chi connectivity index (χ3n) is 6.23. The van der Waals surface area contributed by atoms with Crippen LogP contribution in [0.4, 0.5) is 17.5 Å². The Labute approximate surface area is 193 Å². The maximum absolute atomic E-state index is 12.0. The molecular formula is C25H29N7O. The van der Waals surface area contributed by atoms with Gasteiger partial charge >= 0.3 is 0 Å². The molecule has 0 saturated heterocycles. The lowest BCUT2D eigenvalue weighted by Gasteiger charge is -2.24. The third-order valence-corrected chi connectivity index (χ3v) is 6.23. The van der Waals surface area contributed by atoms with Gasteiger partial charge < -0.3 is 16.0 Å². The molecule has 1 amide bonds. The number of aromatic nitrogens is 4. The Bertz CT molecular complexity index is 1080. The maximum Gasteiger partial charge on any atom is 0.229 e. The van der Waals surface area contributed by atoms with Gasteiger partial charge in [0, 0.05) is 48.7 Å². The Hall–Kier alpha value is -3.55. The molecule has 2 aliphatic carbocycles. The van der Waals surface area contributed by atoms with E-state index < -0.39 is 0 Å². The summed E-state index contributed by atoms with van der Waals surface area (Å²) in [6, 6.07) is 7.80. The normalized spacial score (nSPS) is 15.5. The zero-order valence-corrected chi connectivity index (χ0v) is 18.6. The second-order valence-electron chi connectivity index (χ2n) is 8.77. The van der Waals surface area contributed by atoms with E-state index in [0.29, 0.717) is 18.4 Å². The Kier molecular flexibility index (Phi) is 6.41. The average Bonchev–Trinajstić information content (AvgIpc) is 3.64. The highest BCUT2D eigenvalue weighted by molar-refractivity contribution is 5.79. The molecule has 170 valence electrons. The van der Waals surface area contributed by atoms with Crippen LogP contribution in [-0.2, 0) is 4.79 Å². The van der Waals surface area contributed by atoms with Gasteiger partial charge in [-0.05, 0) is 62.3 Å². The number of anilines is 3. The molecule has 0 aliphatic heterocycles. The van der Waals surface area contributed by atoms with E-state index in [9.17, 15) is 4.79 Å². The van der Waals surface area contributed by atoms with Gasteiger partial charge in [-0.2, -0.15) is 4.98 Å². The minimum Gasteiger partial charge on any atom is -0.370 e. The molecular weight excluding hydrogens is 414 g/mol. The van der Waals surface area contributed by atoms with E-state index in [-0.39, 0.29) is 11.8 Å². The first kappa shape index (κ1) is 21.3. The SMILES string of the molecule is O=C(NCCCNc1nc(Nc2ccc(-c3cccnc3)nc2)ncc1C1CC1)C1CCC1. The summed E-state index contributed by atoms with van der Waals surface area (Å²) < 4.78 is 0. The number of nitrogens with one attached hydrogen (secondary N) is 3. The van der Waals surface area contributed by atoms with Crippen LogP contribution in [0, 0.1) is 5.92 Å². The summed E-state index contributed by atoms with van der Waals surface area (Å²) in [5.41, 5.74) is 3.84. The standard InChI is InChI=1S/C25H29N7O/c33-24(18-4-1-5-18)28-13-3-12-27-23-21(17-7-8-17)16-30-25(32-23)31-20-9-10-22(29-15-20)19-6-2-11-26-14-19/h2,6,9-11,14-18H,1,3-5,7-8,12-13H2,(H,28,33)(H2,27,30,31,32). The zero-order chi connectivity index (χ0) is 22.5. The van der Waals surface area contributed by atoms with Crippen LogP contribution < -0.4 is 16.0 Å². The number of hydrogen-bond acceptors (Lipinski definition) is 7. The van der Waals surface area contributed by atoms with Gasteiger partial charge in [0.15, 0.2) is 0 Å². The molecule has 3 aromatic heterocycles. The van der Waals surface area contributed by atoms with E-state index in [1.165, 1.54) is 24.8 Å². The third kappa shape index (κ3) is 5.45. The Balaban J connectivity index is 1.18. The van der Waals surface area contributed by atoms with Gasteiger partial charge in [-0.25, -0.2) is 4.98 Å². The summed E-state index contributed by atoms with van der Waals surface area (Å²) in [5, 5.41) is 9.76. The van der Waals surface area contributed by atoms with Gasteiger partial charge in [0.05, 0.1) is 17.6 Å². The van der Waals surface area contributed by atoms with Crippen molar-refractivity contribution in [2.75, 3.05) is 23.7 Å². The van der Waals surface area contributed by atoms with E-state index in [4.69, 9.17) is 4.98 Å². The fourth-order valence-corrected chi connectivity index (χ4v) is 3.89. The molecule has 0 radical (unpaired) electrons. The lowest BCUT2D eigenvalue weighted by Crippen LogP contribution is -2.35. The fourth-order valence-electron chi connectivity index (χ4n) is 3.89. The molecule has 3 aromatic rings. The molecule has 0 atom stereocenters. The molecule has 0 bridgehead atoms. The minimum atomic E-state index is 0.205. The summed E-state index contributed by atoms with van der Waals surface area (Å²) >= 11 is 0. The van der Waals surface area contributed by atoms with Crippen molar-refractivity contribution < 1.29 is 4.79 Å². The Morgan fingerprint density at radius 1 is 1.00 bits per heavy atom. The number of pyridine rings is 2. The highest BCUT2D eigenvalue weighted by atomic mass is 16.1. The molecule has 8 nitrogen and oxygen atoms in total. The van der Waals surface area contributed by atoms with Crippen LogP contribution in [0.1, 0.15) is 50.0 Å². The average molecular weight is 444 g/mol. The molecule has 3 N–H and O–H groups in total. The molecule has 0 unspecified atom stereocenters. The number of rotatable bonds is 10. The minimum absolute atomic E-state index is 0.205. The molecule has 0 spiro atoms. The Morgan fingerprint density at radius 3 is 2.61 bits per heavy atom. The van der Waals surface area contributed by atoms with Crippen molar-refractivity contribution in [2.45, 2.75) is 44.4 Å². The van der Waals surface area contributed by atoms with Crippen molar-refractivity contribution in [3.05, 3.63) is 54.6 Å². The number of nitrogens with zero attached hydrogens (tertiary/aromatic N) is 4. The Morgan fingerprint density at radius 2 is 1.91 bits per heavy atom. The number of carbonyl (C=O) groups excluding carboxylic acids is 1. The van der Waals surface area contributed by atoms with Crippen molar-refractivity contribution in [3.8, 4) is 11.3 Å². The number of carbonyl (C=O) groups is 1. The number of hydrogen-bond donors (Lipinski definition) is 3. The molecule has 8 heteroatoms. The van der Waals surface area contributed by atoms with Crippen LogP contribution in [-0.4, -0.2) is 38.9 Å². The first-order valence-electron chi connectivity index (χ1n) is 11.8. The number of amides is 1. The molecule has 3 heterocycles. The van der Waals surface area contributed by atoms with Gasteiger partial charge in [-0.3, -0.25) is 14.8 Å². The van der Waals surface area contributed by atoms with Gasteiger partial charge in [0.25, 0.3) is 0 Å². The largest absolute Gasteiger partial charge is 0.370 e. The van der Waals surface area contributed by atoms with Crippen molar-refractivity contribution in [1.29, 1.82) is 0 Å². The van der Waals surface area contributed by atoms with Crippen molar-refractivity contribution in [2.24, 2.45) is 5.92 Å². The summed E-state index contributed by atoms with van der Waals surface area (Å²) in [7, 11) is 0. The zero-order valence-electron chi connectivity index (χ0n) is 18.6. The predicted octanol–water partition coefficient (Wildman–Crippen LogP) is 4.27. The second-order valence-corrected chi connectivity index (χ2v) is 8.77. The quantitative estimate of drug-likeness (QED) is 0.402. The van der Waals surface area contributed by atoms with E-state index in [1.54, 1.807) is 18.6 Å². The van der Waals surface area contributed by atoms with Gasteiger partial charge in [0.2, 0.25) is 11.9 Å². The van der Waals surface area contributed by atoms with Crippen LogP contribution >= 0.6 is 0 Å². The molecule has 5 rings (SSSR count). The molecule has 2 saturated carbocycles. The lowest BCUT2D eigenvalue weighted by atomic mass is 9.85. The molecule has 0 aromatic carbocycles. The molecule has 2 aliphatic rings. The van der Waals surface area contributed by atoms with Crippen LogP contribution in [0.25, 0.3) is 11.3 Å². The van der Waals surface area contributed by atoms with Crippen LogP contribution in [0.15, 0.2) is 49.1 Å². The lowest BCUT2D eigenvalue weighted by molar-refractivity contribution is -0.127. The highest BCUT2D eigenvalue weighted by Crippen LogP contribution is 2.42. The van der Waals surface area contributed by atoms with Crippen molar-refractivity contribution >= 4 is 23.4 Å². The monoisotopic (exact) mass is 443 g/mol. The van der Waals surface area contributed by atoms with Crippen molar-refractivity contribution in [1.82, 2.24) is 25.3 Å². The first-order chi connectivity index (χ1) is 16.3. The highest BCUT2D eigenvalue weighted by Gasteiger charge is 2.28. The van der Waals surface area contributed by atoms with Gasteiger partial charge in [-0.1, -0.05) is 6.42 Å². The van der Waals surface area contributed by atoms with Crippen molar-refractivity contribution in [3.63, 3.8) is 0 Å². The van der Waals surface area contributed by atoms with E-state index in [2.05, 4.69) is 30.9 Å². The van der Waals surface area contributed by atoms with E-state index >= 15 is 0 Å². The van der Waals surface area contributed by atoms with Gasteiger partial charge in [-0.15, -0.1) is 0 Å². The van der Waals surface area contributed by atoms with Crippen LogP contribution in [0.5, 0.6) is 0 Å². The smallest absolute Gasteiger partial charge is 0.229 e. The maximum atomic E-state index is 12.0. The summed E-state index contributed by atoms with van der Waals surface area (Å²) in [4.78, 5) is 29.9. The first-order valence-corrected chi connectivity index (χ1v) is 11.8. The van der Waals surface area contributed by atoms with Gasteiger partial charge in [0.1, 0.15) is 5.82 Å². The summed E-state index contributed by atoms with van der Waals surface area (Å²) in [6.45, 7) is 1.44. The molecule has 33 heavy (non-hydrogen) atoms. The summed E-state index contributed by atoms with van der Waals surface area (Å²) in [5.74, 6) is 2.40.